The van der Waals surface area contributed by atoms with Gasteiger partial charge in [-0.1, -0.05) is 54.8 Å². The van der Waals surface area contributed by atoms with Gasteiger partial charge < -0.3 is 0 Å². The molecule has 1 heterocycles. The highest BCUT2D eigenvalue weighted by molar-refractivity contribution is 7.89. The second-order valence-corrected chi connectivity index (χ2v) is 9.16. The van der Waals surface area contributed by atoms with Crippen LogP contribution in [0.2, 0.25) is 0 Å². The van der Waals surface area contributed by atoms with Crippen molar-refractivity contribution in [3.63, 3.8) is 0 Å². The standard InChI is InChI=1S/C19H24N2O2S/c1-16-6-8-17(9-7-16)24(22,23)20-21-14-18-10-2-3-11-19(18,15-21)13-5-4-12-18/h2-3,6-11,20H,4-5,12-15H2,1H3/t18-,19-/m1/s1. The molecule has 1 aromatic carbocycles. The van der Waals surface area contributed by atoms with Gasteiger partial charge in [0.05, 0.1) is 4.90 Å². The van der Waals surface area contributed by atoms with Crippen LogP contribution in [-0.4, -0.2) is 26.5 Å². The molecule has 0 amide bonds. The van der Waals surface area contributed by atoms with E-state index >= 15 is 0 Å². The Labute approximate surface area is 144 Å². The fraction of sp³-hybridized carbons (Fsp3) is 0.474. The Kier molecular flexibility index (Phi) is 3.71. The van der Waals surface area contributed by atoms with Crippen molar-refractivity contribution in [1.29, 1.82) is 0 Å². The van der Waals surface area contributed by atoms with Gasteiger partial charge in [-0.25, -0.2) is 13.4 Å². The Morgan fingerprint density at radius 3 is 2.04 bits per heavy atom. The third-order valence-corrected chi connectivity index (χ3v) is 7.35. The highest BCUT2D eigenvalue weighted by Gasteiger charge is 2.56. The van der Waals surface area contributed by atoms with Gasteiger partial charge in [0, 0.05) is 23.9 Å². The first-order chi connectivity index (χ1) is 11.4. The van der Waals surface area contributed by atoms with Crippen molar-refractivity contribution in [3.8, 4) is 0 Å². The van der Waals surface area contributed by atoms with Gasteiger partial charge in [0.25, 0.3) is 10.0 Å². The lowest BCUT2D eigenvalue weighted by Gasteiger charge is -2.46. The maximum Gasteiger partial charge on any atom is 0.253 e. The van der Waals surface area contributed by atoms with Gasteiger partial charge in [0.15, 0.2) is 0 Å². The molecule has 0 aromatic heterocycles. The zero-order chi connectivity index (χ0) is 16.8. The number of nitrogens with zero attached hydrogens (tertiary/aromatic N) is 1. The molecule has 3 aliphatic rings. The quantitative estimate of drug-likeness (QED) is 0.916. The number of hydrogen-bond acceptors (Lipinski definition) is 3. The Hall–Kier alpha value is -1.43. The molecule has 0 spiro atoms. The molecule has 4 rings (SSSR count). The number of rotatable bonds is 3. The third-order valence-electron chi connectivity index (χ3n) is 5.96. The molecule has 4 nitrogen and oxygen atoms in total. The molecular weight excluding hydrogens is 320 g/mol. The average Bonchev–Trinajstić information content (AvgIpc) is 2.88. The molecule has 128 valence electrons. The Morgan fingerprint density at radius 1 is 0.958 bits per heavy atom. The third kappa shape index (κ3) is 2.46. The molecule has 2 fully saturated rings. The summed E-state index contributed by atoms with van der Waals surface area (Å²) >= 11 is 0. The second-order valence-electron chi connectivity index (χ2n) is 7.50. The van der Waals surface area contributed by atoms with E-state index in [9.17, 15) is 8.42 Å². The Morgan fingerprint density at radius 2 is 1.50 bits per heavy atom. The molecular formula is C19H24N2O2S. The normalized spacial score (nSPS) is 32.5. The fourth-order valence-electron chi connectivity index (χ4n) is 4.68. The molecule has 2 atom stereocenters. The smallest absolute Gasteiger partial charge is 0.229 e. The van der Waals surface area contributed by atoms with E-state index in [-0.39, 0.29) is 10.8 Å². The fourth-order valence-corrected chi connectivity index (χ4v) is 5.75. The summed E-state index contributed by atoms with van der Waals surface area (Å²) in [6.07, 6.45) is 13.6. The van der Waals surface area contributed by atoms with Crippen molar-refractivity contribution in [2.75, 3.05) is 13.1 Å². The number of hydrogen-bond donors (Lipinski definition) is 1. The lowest BCUT2D eigenvalue weighted by Crippen LogP contribution is -2.42. The zero-order valence-corrected chi connectivity index (χ0v) is 14.8. The minimum Gasteiger partial charge on any atom is -0.229 e. The molecule has 1 aromatic rings. The summed E-state index contributed by atoms with van der Waals surface area (Å²) in [5, 5.41) is 1.92. The number of benzene rings is 1. The van der Waals surface area contributed by atoms with Crippen LogP contribution in [0.4, 0.5) is 0 Å². The van der Waals surface area contributed by atoms with Gasteiger partial charge in [-0.2, -0.15) is 0 Å². The first kappa shape index (κ1) is 16.1. The summed E-state index contributed by atoms with van der Waals surface area (Å²) in [6.45, 7) is 3.45. The molecule has 0 unspecified atom stereocenters. The van der Waals surface area contributed by atoms with Gasteiger partial charge in [-0.3, -0.25) is 0 Å². The highest BCUT2D eigenvalue weighted by Crippen LogP contribution is 2.58. The largest absolute Gasteiger partial charge is 0.253 e. The van der Waals surface area contributed by atoms with Crippen molar-refractivity contribution < 1.29 is 8.42 Å². The van der Waals surface area contributed by atoms with E-state index in [1.54, 1.807) is 12.1 Å². The van der Waals surface area contributed by atoms with E-state index in [1.165, 1.54) is 12.8 Å². The van der Waals surface area contributed by atoms with E-state index < -0.39 is 10.0 Å². The SMILES string of the molecule is Cc1ccc(S(=O)(=O)NN2C[C@]34C=CC=C[C@@]3(CCCC4)C2)cc1. The number of hydrazine groups is 1. The topological polar surface area (TPSA) is 49.4 Å². The van der Waals surface area contributed by atoms with E-state index in [0.29, 0.717) is 4.90 Å². The molecule has 5 heteroatoms. The summed E-state index contributed by atoms with van der Waals surface area (Å²) in [4.78, 5) is 3.16. The van der Waals surface area contributed by atoms with Gasteiger partial charge >= 0.3 is 0 Å². The lowest BCUT2D eigenvalue weighted by molar-refractivity contribution is 0.131. The van der Waals surface area contributed by atoms with Crippen LogP contribution in [0.1, 0.15) is 31.2 Å². The van der Waals surface area contributed by atoms with Crippen LogP contribution < -0.4 is 4.83 Å². The molecule has 1 N–H and O–H groups in total. The van der Waals surface area contributed by atoms with Crippen LogP contribution in [0.25, 0.3) is 0 Å². The number of sulfonamides is 1. The van der Waals surface area contributed by atoms with Gasteiger partial charge in [0.2, 0.25) is 0 Å². The minimum absolute atomic E-state index is 0.0792. The van der Waals surface area contributed by atoms with Crippen molar-refractivity contribution in [1.82, 2.24) is 9.84 Å². The average molecular weight is 344 g/mol. The van der Waals surface area contributed by atoms with Gasteiger partial charge in [0.1, 0.15) is 0 Å². The molecule has 1 saturated carbocycles. The maximum atomic E-state index is 12.7. The van der Waals surface area contributed by atoms with Crippen LogP contribution in [0.15, 0.2) is 53.5 Å². The van der Waals surface area contributed by atoms with Crippen LogP contribution >= 0.6 is 0 Å². The highest BCUT2D eigenvalue weighted by atomic mass is 32.2. The van der Waals surface area contributed by atoms with Gasteiger partial charge in [-0.15, -0.1) is 4.83 Å². The van der Waals surface area contributed by atoms with Gasteiger partial charge in [-0.05, 0) is 31.9 Å². The molecule has 1 saturated heterocycles. The second kappa shape index (κ2) is 5.55. The van der Waals surface area contributed by atoms with Crippen LogP contribution in [0.5, 0.6) is 0 Å². The van der Waals surface area contributed by atoms with Crippen LogP contribution in [0.3, 0.4) is 0 Å². The molecule has 0 radical (unpaired) electrons. The first-order valence-corrected chi connectivity index (χ1v) is 10.1. The number of nitrogens with one attached hydrogen (secondary N) is 1. The van der Waals surface area contributed by atoms with Crippen molar-refractivity contribution in [2.24, 2.45) is 10.8 Å². The zero-order valence-electron chi connectivity index (χ0n) is 14.0. The predicted molar refractivity (Wildman–Crippen MR) is 94.7 cm³/mol. The minimum atomic E-state index is -3.53. The Bertz CT molecular complexity index is 767. The van der Waals surface area contributed by atoms with Crippen molar-refractivity contribution in [2.45, 2.75) is 37.5 Å². The van der Waals surface area contributed by atoms with E-state index in [4.69, 9.17) is 0 Å². The summed E-state index contributed by atoms with van der Waals surface area (Å²) in [7, 11) is -3.53. The summed E-state index contributed by atoms with van der Waals surface area (Å²) < 4.78 is 25.4. The van der Waals surface area contributed by atoms with Crippen molar-refractivity contribution >= 4 is 10.0 Å². The first-order valence-electron chi connectivity index (χ1n) is 8.66. The number of aryl methyl sites for hydroxylation is 1. The Balaban J connectivity index is 1.60. The predicted octanol–water partition coefficient (Wildman–Crippen LogP) is 3.18. The summed E-state index contributed by atoms with van der Waals surface area (Å²) in [6, 6.07) is 7.01. The maximum absolute atomic E-state index is 12.7. The van der Waals surface area contributed by atoms with E-state index in [1.807, 2.05) is 24.1 Å². The molecule has 1 aliphatic heterocycles. The van der Waals surface area contributed by atoms with Crippen molar-refractivity contribution in [3.05, 3.63) is 54.1 Å². The van der Waals surface area contributed by atoms with Crippen LogP contribution in [0, 0.1) is 17.8 Å². The summed E-state index contributed by atoms with van der Waals surface area (Å²) in [5.41, 5.74) is 1.21. The lowest BCUT2D eigenvalue weighted by atomic mass is 9.56. The number of allylic oxidation sites excluding steroid dienone is 2. The summed E-state index contributed by atoms with van der Waals surface area (Å²) in [5.74, 6) is 0. The molecule has 2 aliphatic carbocycles. The monoisotopic (exact) mass is 344 g/mol. The molecule has 0 bridgehead atoms. The van der Waals surface area contributed by atoms with E-state index in [0.717, 1.165) is 31.5 Å². The molecule has 24 heavy (non-hydrogen) atoms. The van der Waals surface area contributed by atoms with Crippen LogP contribution in [-0.2, 0) is 10.0 Å². The van der Waals surface area contributed by atoms with E-state index in [2.05, 4.69) is 29.1 Å².